The summed E-state index contributed by atoms with van der Waals surface area (Å²) in [4.78, 5) is 103. The topological polar surface area (TPSA) is 359 Å². The van der Waals surface area contributed by atoms with E-state index in [0.717, 1.165) is 4.90 Å². The third kappa shape index (κ3) is 13.4. The Morgan fingerprint density at radius 3 is 1.93 bits per heavy atom. The fraction of sp³-hybridized carbons (Fsp3) is 0.625. The van der Waals surface area contributed by atoms with E-state index in [1.54, 1.807) is 0 Å². The van der Waals surface area contributed by atoms with E-state index in [-0.39, 0.29) is 38.3 Å². The highest BCUT2D eigenvalue weighted by Gasteiger charge is 2.39. The maximum absolute atomic E-state index is 13.5. The third-order valence-corrected chi connectivity index (χ3v) is 6.37. The Labute approximate surface area is 255 Å². The van der Waals surface area contributed by atoms with Crippen molar-refractivity contribution in [3.05, 3.63) is 0 Å². The first kappa shape index (κ1) is 38.0. The molecule has 0 aromatic rings. The van der Waals surface area contributed by atoms with Gasteiger partial charge >= 0.3 is 17.9 Å². The van der Waals surface area contributed by atoms with Crippen LogP contribution in [-0.4, -0.2) is 135 Å². The summed E-state index contributed by atoms with van der Waals surface area (Å²) in [5.74, 6) is -9.72. The largest absolute Gasteiger partial charge is 0.481 e. The molecule has 1 rings (SSSR count). The van der Waals surface area contributed by atoms with Gasteiger partial charge in [0.25, 0.3) is 0 Å². The van der Waals surface area contributed by atoms with Gasteiger partial charge in [0.15, 0.2) is 5.96 Å². The van der Waals surface area contributed by atoms with Gasteiger partial charge in [-0.05, 0) is 25.7 Å². The normalized spacial score (nSPS) is 16.7. The van der Waals surface area contributed by atoms with Crippen LogP contribution in [0, 0.1) is 0 Å². The second-order valence-electron chi connectivity index (χ2n) is 9.92. The van der Waals surface area contributed by atoms with E-state index in [4.69, 9.17) is 27.4 Å². The molecule has 0 aliphatic carbocycles. The molecule has 0 unspecified atom stereocenters. The van der Waals surface area contributed by atoms with E-state index >= 15 is 0 Å². The second kappa shape index (κ2) is 18.6. The summed E-state index contributed by atoms with van der Waals surface area (Å²) in [5.41, 5.74) is 16.1. The summed E-state index contributed by atoms with van der Waals surface area (Å²) in [7, 11) is 0. The smallest absolute Gasteiger partial charge is 0.322 e. The number of aliphatic hydroxyl groups is 1. The van der Waals surface area contributed by atoms with Crippen LogP contribution in [0.25, 0.3) is 0 Å². The number of aliphatic hydroxyl groups excluding tert-OH is 1. The molecule has 0 radical (unpaired) electrons. The first-order valence-corrected chi connectivity index (χ1v) is 13.6. The Bertz CT molecular complexity index is 1160. The molecule has 0 bridgehead atoms. The van der Waals surface area contributed by atoms with Crippen LogP contribution in [0.15, 0.2) is 4.99 Å². The fourth-order valence-corrected chi connectivity index (χ4v) is 4.22. The summed E-state index contributed by atoms with van der Waals surface area (Å²) >= 11 is 0. The SMILES string of the molecule is NC(N)=NCCC[C@H](NC(=O)[C@@H](N)CO)C(=O)N1CCC[C@H]1C(=O)N[C@@H](CC(=O)O)C(=O)N[C@@H](CC(=O)O)C(=O)NCC(=O)O. The molecule has 1 heterocycles. The van der Waals surface area contributed by atoms with Gasteiger partial charge < -0.3 is 63.8 Å². The van der Waals surface area contributed by atoms with Crippen molar-refractivity contribution in [3.63, 3.8) is 0 Å². The number of hydrogen-bond donors (Lipinski definition) is 11. The number of guanidine groups is 1. The minimum atomic E-state index is -1.84. The highest BCUT2D eigenvalue weighted by molar-refractivity contribution is 5.98. The summed E-state index contributed by atoms with van der Waals surface area (Å²) < 4.78 is 0. The zero-order chi connectivity index (χ0) is 34.3. The van der Waals surface area contributed by atoms with Crippen LogP contribution in [0.1, 0.15) is 38.5 Å². The number of rotatable bonds is 19. The van der Waals surface area contributed by atoms with Crippen LogP contribution in [0.4, 0.5) is 0 Å². The fourth-order valence-electron chi connectivity index (χ4n) is 4.22. The third-order valence-electron chi connectivity index (χ3n) is 6.37. The molecule has 0 saturated carbocycles. The number of nitrogens with zero attached hydrogens (tertiary/aromatic N) is 2. The molecule has 14 N–H and O–H groups in total. The van der Waals surface area contributed by atoms with Gasteiger partial charge in [0, 0.05) is 13.1 Å². The molecule has 1 aliphatic rings. The van der Waals surface area contributed by atoms with Crippen molar-refractivity contribution >= 4 is 53.4 Å². The number of nitrogens with one attached hydrogen (secondary N) is 4. The molecule has 21 heteroatoms. The van der Waals surface area contributed by atoms with Crippen molar-refractivity contribution in [2.75, 3.05) is 26.2 Å². The number of nitrogens with two attached hydrogens (primary N) is 3. The van der Waals surface area contributed by atoms with Gasteiger partial charge in [-0.15, -0.1) is 0 Å². The van der Waals surface area contributed by atoms with Crippen molar-refractivity contribution in [3.8, 4) is 0 Å². The van der Waals surface area contributed by atoms with Gasteiger partial charge in [0.05, 0.1) is 19.4 Å². The lowest BCUT2D eigenvalue weighted by Gasteiger charge is -2.30. The predicted octanol–water partition coefficient (Wildman–Crippen LogP) is -6.04. The number of aliphatic imine (C=N–C) groups is 1. The predicted molar refractivity (Wildman–Crippen MR) is 151 cm³/mol. The highest BCUT2D eigenvalue weighted by Crippen LogP contribution is 2.20. The Hall–Kier alpha value is -5.05. The van der Waals surface area contributed by atoms with Crippen molar-refractivity contribution < 1.29 is 58.8 Å². The summed E-state index contributed by atoms with van der Waals surface area (Å²) in [6, 6.07) is -7.45. The van der Waals surface area contributed by atoms with E-state index in [1.807, 2.05) is 10.6 Å². The lowest BCUT2D eigenvalue weighted by atomic mass is 10.1. The molecule has 0 aromatic carbocycles. The number of likely N-dealkylation sites (tertiary alicyclic amines) is 1. The summed E-state index contributed by atoms with van der Waals surface area (Å²) in [5, 5.41) is 44.9. The van der Waals surface area contributed by atoms with Gasteiger partial charge in [-0.1, -0.05) is 0 Å². The molecule has 5 atom stereocenters. The zero-order valence-corrected chi connectivity index (χ0v) is 24.1. The average molecular weight is 646 g/mol. The molecule has 45 heavy (non-hydrogen) atoms. The van der Waals surface area contributed by atoms with Crippen molar-refractivity contribution in [1.82, 2.24) is 26.2 Å². The van der Waals surface area contributed by atoms with Crippen molar-refractivity contribution in [1.29, 1.82) is 0 Å². The Morgan fingerprint density at radius 2 is 1.40 bits per heavy atom. The maximum atomic E-state index is 13.5. The summed E-state index contributed by atoms with van der Waals surface area (Å²) in [6.45, 7) is -1.46. The van der Waals surface area contributed by atoms with Crippen LogP contribution < -0.4 is 38.5 Å². The molecule has 252 valence electrons. The Kier molecular flexibility index (Phi) is 15.7. The van der Waals surface area contributed by atoms with Crippen LogP contribution in [0.5, 0.6) is 0 Å². The van der Waals surface area contributed by atoms with E-state index < -0.39 is 104 Å². The molecule has 0 aromatic heterocycles. The van der Waals surface area contributed by atoms with E-state index in [1.165, 1.54) is 0 Å². The van der Waals surface area contributed by atoms with E-state index in [2.05, 4.69) is 15.6 Å². The van der Waals surface area contributed by atoms with Crippen LogP contribution in [0.2, 0.25) is 0 Å². The molecule has 1 fully saturated rings. The summed E-state index contributed by atoms with van der Waals surface area (Å²) in [6.07, 6.45) is -1.38. The number of carbonyl (C=O) groups excluding carboxylic acids is 5. The number of carbonyl (C=O) groups is 8. The zero-order valence-electron chi connectivity index (χ0n) is 24.1. The minimum Gasteiger partial charge on any atom is -0.481 e. The van der Waals surface area contributed by atoms with Crippen LogP contribution in [-0.2, 0) is 38.4 Å². The quantitative estimate of drug-likeness (QED) is 0.0354. The van der Waals surface area contributed by atoms with Crippen molar-refractivity contribution in [2.45, 2.75) is 68.7 Å². The van der Waals surface area contributed by atoms with E-state index in [0.29, 0.717) is 6.42 Å². The number of hydrogen-bond acceptors (Lipinski definition) is 11. The van der Waals surface area contributed by atoms with E-state index in [9.17, 15) is 48.6 Å². The highest BCUT2D eigenvalue weighted by atomic mass is 16.4. The molecule has 5 amide bonds. The molecular weight excluding hydrogens is 606 g/mol. The number of carboxylic acid groups (broad SMARTS) is 3. The number of aliphatic carboxylic acids is 3. The monoisotopic (exact) mass is 645 g/mol. The molecular formula is C24H39N9O12. The van der Waals surface area contributed by atoms with Crippen molar-refractivity contribution in [2.24, 2.45) is 22.2 Å². The molecule has 0 spiro atoms. The van der Waals surface area contributed by atoms with Crippen LogP contribution in [0.3, 0.4) is 0 Å². The van der Waals surface area contributed by atoms with Gasteiger partial charge in [-0.2, -0.15) is 0 Å². The first-order chi connectivity index (χ1) is 21.1. The average Bonchev–Trinajstić information content (AvgIpc) is 3.45. The molecule has 21 nitrogen and oxygen atoms in total. The Balaban J connectivity index is 3.14. The second-order valence-corrected chi connectivity index (χ2v) is 9.92. The van der Waals surface area contributed by atoms with Crippen LogP contribution >= 0.6 is 0 Å². The minimum absolute atomic E-state index is 0.00327. The Morgan fingerprint density at radius 1 is 0.822 bits per heavy atom. The van der Waals surface area contributed by atoms with Gasteiger partial charge in [-0.3, -0.25) is 43.3 Å². The van der Waals surface area contributed by atoms with Gasteiger partial charge in [0.2, 0.25) is 29.5 Å². The molecule has 1 saturated heterocycles. The maximum Gasteiger partial charge on any atom is 0.322 e. The number of carboxylic acids is 3. The van der Waals surface area contributed by atoms with Gasteiger partial charge in [0.1, 0.15) is 36.8 Å². The standard InChI is InChI=1S/C24H39N9O12/c25-11(10-34)19(41)30-12(3-1-5-28-24(26)27)23(45)33-6-2-4-15(33)22(44)32-14(8-17(37)38)21(43)31-13(7-16(35)36)20(42)29-9-18(39)40/h11-15,34H,1-10,25H2,(H,29,42)(H,30,41)(H,31,43)(H,32,44)(H,35,36)(H,37,38)(H,39,40)(H4,26,27,28)/t11-,12-,13-,14-,15-/m0/s1. The van der Waals surface area contributed by atoms with Gasteiger partial charge in [-0.25, -0.2) is 0 Å². The lowest BCUT2D eigenvalue weighted by Crippen LogP contribution is -2.59. The first-order valence-electron chi connectivity index (χ1n) is 13.6. The number of amides is 5. The lowest BCUT2D eigenvalue weighted by molar-refractivity contribution is -0.145. The molecule has 1 aliphatic heterocycles.